The second-order valence-electron chi connectivity index (χ2n) is 5.48. The van der Waals surface area contributed by atoms with E-state index in [0.717, 1.165) is 6.42 Å². The lowest BCUT2D eigenvalue weighted by molar-refractivity contribution is -0.940. The van der Waals surface area contributed by atoms with Gasteiger partial charge in [-0.05, 0) is 39.0 Å². The molecule has 0 saturated carbocycles. The molecule has 2 aliphatic heterocycles. The van der Waals surface area contributed by atoms with Gasteiger partial charge in [0.05, 0.1) is 25.7 Å². The molecule has 108 valence electrons. The van der Waals surface area contributed by atoms with Gasteiger partial charge in [-0.3, -0.25) is 0 Å². The van der Waals surface area contributed by atoms with Crippen molar-refractivity contribution < 1.29 is 24.0 Å². The SMILES string of the molecule is CCOC(=O)C(=O)OC[C@H]1CCC[NH+]2CCCC[C@H]12. The van der Waals surface area contributed by atoms with Crippen molar-refractivity contribution in [3.05, 3.63) is 0 Å². The van der Waals surface area contributed by atoms with E-state index in [0.29, 0.717) is 18.6 Å². The zero-order chi connectivity index (χ0) is 13.7. The fraction of sp³-hybridized carbons (Fsp3) is 0.857. The summed E-state index contributed by atoms with van der Waals surface area (Å²) in [7, 11) is 0. The molecule has 2 saturated heterocycles. The molecule has 0 radical (unpaired) electrons. The van der Waals surface area contributed by atoms with Gasteiger partial charge in [-0.2, -0.15) is 0 Å². The molecule has 2 heterocycles. The topological polar surface area (TPSA) is 57.0 Å². The molecular formula is C14H24NO4+. The number of piperidine rings is 2. The van der Waals surface area contributed by atoms with Crippen molar-refractivity contribution in [1.82, 2.24) is 0 Å². The third-order valence-corrected chi connectivity index (χ3v) is 4.30. The average molecular weight is 270 g/mol. The third kappa shape index (κ3) is 3.69. The van der Waals surface area contributed by atoms with Gasteiger partial charge < -0.3 is 14.4 Å². The molecule has 1 unspecified atom stereocenters. The van der Waals surface area contributed by atoms with Gasteiger partial charge in [-0.25, -0.2) is 9.59 Å². The Balaban J connectivity index is 1.81. The zero-order valence-corrected chi connectivity index (χ0v) is 11.7. The minimum absolute atomic E-state index is 0.206. The molecule has 0 aromatic rings. The highest BCUT2D eigenvalue weighted by Gasteiger charge is 2.37. The van der Waals surface area contributed by atoms with E-state index in [1.165, 1.54) is 38.8 Å². The van der Waals surface area contributed by atoms with Gasteiger partial charge in [0.15, 0.2) is 0 Å². The van der Waals surface area contributed by atoms with Crippen LogP contribution in [0.1, 0.15) is 39.0 Å². The van der Waals surface area contributed by atoms with Crippen LogP contribution in [0.25, 0.3) is 0 Å². The smallest absolute Gasteiger partial charge is 0.417 e. The van der Waals surface area contributed by atoms with Crippen LogP contribution < -0.4 is 4.90 Å². The van der Waals surface area contributed by atoms with Gasteiger partial charge in [-0.1, -0.05) is 0 Å². The van der Waals surface area contributed by atoms with Crippen LogP contribution in [-0.4, -0.2) is 44.3 Å². The normalized spacial score (nSPS) is 30.3. The van der Waals surface area contributed by atoms with Gasteiger partial charge >= 0.3 is 11.9 Å². The molecule has 5 heteroatoms. The Kier molecular flexibility index (Phi) is 5.19. The first-order chi connectivity index (χ1) is 9.22. The summed E-state index contributed by atoms with van der Waals surface area (Å²) < 4.78 is 9.75. The van der Waals surface area contributed by atoms with Crippen molar-refractivity contribution in [2.45, 2.75) is 45.1 Å². The summed E-state index contributed by atoms with van der Waals surface area (Å²) >= 11 is 0. The second kappa shape index (κ2) is 6.89. The van der Waals surface area contributed by atoms with Gasteiger partial charge in [0.2, 0.25) is 0 Å². The molecule has 0 spiro atoms. The molecule has 3 atom stereocenters. The lowest BCUT2D eigenvalue weighted by atomic mass is 9.84. The average Bonchev–Trinajstić information content (AvgIpc) is 2.45. The van der Waals surface area contributed by atoms with Crippen LogP contribution in [0.5, 0.6) is 0 Å². The number of hydrogen-bond acceptors (Lipinski definition) is 4. The molecule has 0 bridgehead atoms. The van der Waals surface area contributed by atoms with Crippen LogP contribution in [0.3, 0.4) is 0 Å². The minimum Gasteiger partial charge on any atom is -0.458 e. The fourth-order valence-electron chi connectivity index (χ4n) is 3.41. The monoisotopic (exact) mass is 270 g/mol. The Morgan fingerprint density at radius 3 is 2.58 bits per heavy atom. The predicted molar refractivity (Wildman–Crippen MR) is 68.7 cm³/mol. The zero-order valence-electron chi connectivity index (χ0n) is 11.7. The van der Waals surface area contributed by atoms with Crippen molar-refractivity contribution in [3.8, 4) is 0 Å². The number of hydrogen-bond donors (Lipinski definition) is 1. The molecule has 0 amide bonds. The Morgan fingerprint density at radius 1 is 1.05 bits per heavy atom. The number of ether oxygens (including phenoxy) is 2. The van der Waals surface area contributed by atoms with Crippen LogP contribution in [0.4, 0.5) is 0 Å². The van der Waals surface area contributed by atoms with Crippen molar-refractivity contribution >= 4 is 11.9 Å². The summed E-state index contributed by atoms with van der Waals surface area (Å²) in [6.45, 7) is 4.74. The van der Waals surface area contributed by atoms with Crippen LogP contribution in [0, 0.1) is 5.92 Å². The summed E-state index contributed by atoms with van der Waals surface area (Å²) in [6.07, 6.45) is 6.09. The number of carbonyl (C=O) groups excluding carboxylic acids is 2. The largest absolute Gasteiger partial charge is 0.458 e. The number of nitrogens with one attached hydrogen (secondary N) is 1. The molecule has 5 nitrogen and oxygen atoms in total. The van der Waals surface area contributed by atoms with E-state index < -0.39 is 11.9 Å². The summed E-state index contributed by atoms with van der Waals surface area (Å²) in [5.74, 6) is -1.31. The minimum atomic E-state index is -0.869. The van der Waals surface area contributed by atoms with E-state index in [-0.39, 0.29) is 6.61 Å². The highest BCUT2D eigenvalue weighted by Crippen LogP contribution is 2.20. The molecular weight excluding hydrogens is 246 g/mol. The number of esters is 2. The number of rotatable bonds is 3. The van der Waals surface area contributed by atoms with E-state index in [2.05, 4.69) is 4.74 Å². The Morgan fingerprint density at radius 2 is 1.79 bits per heavy atom. The maximum Gasteiger partial charge on any atom is 0.417 e. The molecule has 19 heavy (non-hydrogen) atoms. The molecule has 2 fully saturated rings. The molecule has 0 aromatic carbocycles. The van der Waals surface area contributed by atoms with Crippen LogP contribution >= 0.6 is 0 Å². The van der Waals surface area contributed by atoms with Crippen molar-refractivity contribution in [2.75, 3.05) is 26.3 Å². The number of carbonyl (C=O) groups is 2. The lowest BCUT2D eigenvalue weighted by Crippen LogP contribution is -3.18. The van der Waals surface area contributed by atoms with Gasteiger partial charge in [0.25, 0.3) is 0 Å². The highest BCUT2D eigenvalue weighted by atomic mass is 16.6. The van der Waals surface area contributed by atoms with E-state index >= 15 is 0 Å². The standard InChI is InChI=1S/C14H23NO4/c1-2-18-13(16)14(17)19-10-11-6-5-9-15-8-4-3-7-12(11)15/h11-12H,2-10H2,1H3/p+1/t11-,12-/m1/s1. The highest BCUT2D eigenvalue weighted by molar-refractivity contribution is 6.29. The second-order valence-corrected chi connectivity index (χ2v) is 5.48. The fourth-order valence-corrected chi connectivity index (χ4v) is 3.41. The van der Waals surface area contributed by atoms with E-state index in [1.807, 2.05) is 0 Å². The maximum atomic E-state index is 11.4. The van der Waals surface area contributed by atoms with E-state index in [1.54, 1.807) is 11.8 Å². The summed E-state index contributed by atoms with van der Waals surface area (Å²) in [5.41, 5.74) is 0. The molecule has 1 N–H and O–H groups in total. The Hall–Kier alpha value is -1.10. The van der Waals surface area contributed by atoms with Crippen LogP contribution in [-0.2, 0) is 19.1 Å². The van der Waals surface area contributed by atoms with Crippen molar-refractivity contribution in [3.63, 3.8) is 0 Å². The molecule has 0 aliphatic carbocycles. The summed E-state index contributed by atoms with van der Waals surface area (Å²) in [6, 6.07) is 0.609. The predicted octanol–water partition coefficient (Wildman–Crippen LogP) is -0.0599. The lowest BCUT2D eigenvalue weighted by Gasteiger charge is -2.40. The van der Waals surface area contributed by atoms with Gasteiger partial charge in [0.1, 0.15) is 6.61 Å². The van der Waals surface area contributed by atoms with Gasteiger partial charge in [-0.15, -0.1) is 0 Å². The first kappa shape index (κ1) is 14.3. The summed E-state index contributed by atoms with van der Waals surface area (Å²) in [4.78, 5) is 24.3. The first-order valence-corrected chi connectivity index (χ1v) is 7.40. The Labute approximate surface area is 114 Å². The molecule has 2 aliphatic rings. The quantitative estimate of drug-likeness (QED) is 0.576. The first-order valence-electron chi connectivity index (χ1n) is 7.40. The third-order valence-electron chi connectivity index (χ3n) is 4.30. The van der Waals surface area contributed by atoms with Crippen LogP contribution in [0.15, 0.2) is 0 Å². The summed E-state index contributed by atoms with van der Waals surface area (Å²) in [5, 5.41) is 0. The van der Waals surface area contributed by atoms with E-state index in [4.69, 9.17) is 4.74 Å². The molecule has 0 aromatic heterocycles. The van der Waals surface area contributed by atoms with Crippen molar-refractivity contribution in [2.24, 2.45) is 5.92 Å². The maximum absolute atomic E-state index is 11.4. The van der Waals surface area contributed by atoms with Crippen molar-refractivity contribution in [1.29, 1.82) is 0 Å². The Bertz CT molecular complexity index is 329. The van der Waals surface area contributed by atoms with E-state index in [9.17, 15) is 9.59 Å². The number of fused-ring (bicyclic) bond motifs is 1. The molecule has 2 rings (SSSR count). The van der Waals surface area contributed by atoms with Crippen LogP contribution in [0.2, 0.25) is 0 Å². The number of quaternary nitrogens is 1. The van der Waals surface area contributed by atoms with Gasteiger partial charge in [0, 0.05) is 5.92 Å².